The second kappa shape index (κ2) is 5.32. The van der Waals surface area contributed by atoms with Gasteiger partial charge in [0.1, 0.15) is 6.61 Å². The number of carbonyl (C=O) groups excluding carboxylic acids is 1. The molecular formula is C14H13NO3S. The van der Waals surface area contributed by atoms with Crippen molar-refractivity contribution in [1.82, 2.24) is 5.32 Å². The van der Waals surface area contributed by atoms with Gasteiger partial charge in [0.2, 0.25) is 6.10 Å². The van der Waals surface area contributed by atoms with Gasteiger partial charge < -0.3 is 14.8 Å². The van der Waals surface area contributed by atoms with Gasteiger partial charge in [-0.25, -0.2) is 0 Å². The molecule has 1 aromatic heterocycles. The van der Waals surface area contributed by atoms with E-state index in [1.54, 1.807) is 17.4 Å². The first-order valence-corrected chi connectivity index (χ1v) is 6.89. The van der Waals surface area contributed by atoms with E-state index in [9.17, 15) is 4.79 Å². The molecule has 1 aliphatic heterocycles. The Morgan fingerprint density at radius 2 is 2.11 bits per heavy atom. The molecule has 1 N–H and O–H groups in total. The van der Waals surface area contributed by atoms with Gasteiger partial charge >= 0.3 is 0 Å². The van der Waals surface area contributed by atoms with Crippen molar-refractivity contribution in [2.75, 3.05) is 6.61 Å². The number of fused-ring (bicyclic) bond motifs is 1. The third-order valence-electron chi connectivity index (χ3n) is 2.82. The average molecular weight is 275 g/mol. The Morgan fingerprint density at radius 3 is 2.89 bits per heavy atom. The van der Waals surface area contributed by atoms with Crippen molar-refractivity contribution >= 4 is 17.2 Å². The lowest BCUT2D eigenvalue weighted by molar-refractivity contribution is -0.130. The van der Waals surface area contributed by atoms with Crippen LogP contribution in [0.3, 0.4) is 0 Å². The van der Waals surface area contributed by atoms with Crippen LogP contribution in [-0.4, -0.2) is 18.6 Å². The number of benzene rings is 1. The highest BCUT2D eigenvalue weighted by molar-refractivity contribution is 7.09. The van der Waals surface area contributed by atoms with Crippen LogP contribution < -0.4 is 14.8 Å². The number of thiophene rings is 1. The Hall–Kier alpha value is -2.01. The molecule has 19 heavy (non-hydrogen) atoms. The second-order valence-corrected chi connectivity index (χ2v) is 5.19. The summed E-state index contributed by atoms with van der Waals surface area (Å²) in [6.45, 7) is 0.769. The number of rotatable bonds is 3. The van der Waals surface area contributed by atoms with E-state index in [0.29, 0.717) is 18.0 Å². The number of hydrogen-bond donors (Lipinski definition) is 1. The smallest absolute Gasteiger partial charge is 0.264 e. The van der Waals surface area contributed by atoms with Crippen molar-refractivity contribution in [2.45, 2.75) is 12.6 Å². The van der Waals surface area contributed by atoms with Crippen LogP contribution in [0.25, 0.3) is 0 Å². The van der Waals surface area contributed by atoms with Gasteiger partial charge in [0.05, 0.1) is 6.54 Å². The van der Waals surface area contributed by atoms with Crippen LogP contribution >= 0.6 is 11.3 Å². The van der Waals surface area contributed by atoms with Crippen molar-refractivity contribution in [3.8, 4) is 11.5 Å². The molecule has 4 nitrogen and oxygen atoms in total. The molecule has 98 valence electrons. The summed E-state index contributed by atoms with van der Waals surface area (Å²) in [6.07, 6.45) is -0.588. The molecule has 0 spiro atoms. The zero-order chi connectivity index (χ0) is 13.1. The first kappa shape index (κ1) is 12.0. The Labute approximate surface area is 115 Å². The maximum absolute atomic E-state index is 12.0. The van der Waals surface area contributed by atoms with Crippen LogP contribution in [-0.2, 0) is 11.3 Å². The normalized spacial score (nSPS) is 16.9. The molecule has 1 aliphatic rings. The van der Waals surface area contributed by atoms with E-state index in [4.69, 9.17) is 9.47 Å². The fourth-order valence-electron chi connectivity index (χ4n) is 1.85. The second-order valence-electron chi connectivity index (χ2n) is 4.16. The fraction of sp³-hybridized carbons (Fsp3) is 0.214. The van der Waals surface area contributed by atoms with Gasteiger partial charge in [0, 0.05) is 4.88 Å². The van der Waals surface area contributed by atoms with Gasteiger partial charge in [0.25, 0.3) is 5.91 Å². The predicted molar refractivity (Wildman–Crippen MR) is 72.5 cm³/mol. The van der Waals surface area contributed by atoms with E-state index in [2.05, 4.69) is 5.32 Å². The minimum absolute atomic E-state index is 0.150. The molecule has 1 atom stereocenters. The topological polar surface area (TPSA) is 47.6 Å². The standard InChI is InChI=1S/C14H13NO3S/c16-14(15-8-10-4-3-7-19-10)13-9-17-11-5-1-2-6-12(11)18-13/h1-7,13H,8-9H2,(H,15,16)/t13-/m0/s1. The predicted octanol–water partition coefficient (Wildman–Crippen LogP) is 2.20. The van der Waals surface area contributed by atoms with Crippen molar-refractivity contribution in [3.05, 3.63) is 46.7 Å². The third-order valence-corrected chi connectivity index (χ3v) is 3.69. The molecule has 0 fully saturated rings. The Kier molecular flexibility index (Phi) is 3.37. The molecule has 1 amide bonds. The van der Waals surface area contributed by atoms with E-state index in [-0.39, 0.29) is 12.5 Å². The van der Waals surface area contributed by atoms with E-state index in [0.717, 1.165) is 4.88 Å². The van der Waals surface area contributed by atoms with Crippen molar-refractivity contribution < 1.29 is 14.3 Å². The quantitative estimate of drug-likeness (QED) is 0.934. The molecule has 3 rings (SSSR count). The van der Waals surface area contributed by atoms with Gasteiger partial charge in [-0.05, 0) is 23.6 Å². The largest absolute Gasteiger partial charge is 0.485 e. The van der Waals surface area contributed by atoms with E-state index >= 15 is 0 Å². The van der Waals surface area contributed by atoms with Gasteiger partial charge in [-0.2, -0.15) is 0 Å². The van der Waals surface area contributed by atoms with E-state index < -0.39 is 6.10 Å². The SMILES string of the molecule is O=C(NCc1cccs1)[C@@H]1COc2ccccc2O1. The summed E-state index contributed by atoms with van der Waals surface area (Å²) in [5, 5.41) is 4.84. The van der Waals surface area contributed by atoms with Crippen molar-refractivity contribution in [1.29, 1.82) is 0 Å². The Balaban J connectivity index is 1.60. The van der Waals surface area contributed by atoms with Gasteiger partial charge in [-0.3, -0.25) is 4.79 Å². The van der Waals surface area contributed by atoms with E-state index in [1.807, 2.05) is 35.7 Å². The summed E-state index contributed by atoms with van der Waals surface area (Å²) >= 11 is 1.61. The van der Waals surface area contributed by atoms with Crippen LogP contribution in [0.5, 0.6) is 11.5 Å². The maximum atomic E-state index is 12.0. The lowest BCUT2D eigenvalue weighted by Gasteiger charge is -2.25. The molecule has 0 saturated heterocycles. The minimum atomic E-state index is -0.588. The summed E-state index contributed by atoms with van der Waals surface area (Å²) in [7, 11) is 0. The maximum Gasteiger partial charge on any atom is 0.264 e. The van der Waals surface area contributed by atoms with Gasteiger partial charge in [0.15, 0.2) is 11.5 Å². The van der Waals surface area contributed by atoms with Gasteiger partial charge in [-0.1, -0.05) is 18.2 Å². The van der Waals surface area contributed by atoms with Crippen molar-refractivity contribution in [2.24, 2.45) is 0 Å². The Morgan fingerprint density at radius 1 is 1.26 bits per heavy atom. The highest BCUT2D eigenvalue weighted by Gasteiger charge is 2.26. The molecule has 0 bridgehead atoms. The molecule has 5 heteroatoms. The molecule has 0 radical (unpaired) electrons. The summed E-state index contributed by atoms with van der Waals surface area (Å²) in [5.41, 5.74) is 0. The number of para-hydroxylation sites is 2. The molecule has 0 aliphatic carbocycles. The monoisotopic (exact) mass is 275 g/mol. The summed E-state index contributed by atoms with van der Waals surface area (Å²) < 4.78 is 11.1. The minimum Gasteiger partial charge on any atom is -0.485 e. The first-order valence-electron chi connectivity index (χ1n) is 6.01. The third kappa shape index (κ3) is 2.71. The first-order chi connectivity index (χ1) is 9.33. The van der Waals surface area contributed by atoms with Crippen LogP contribution in [0.2, 0.25) is 0 Å². The molecule has 1 aromatic carbocycles. The van der Waals surface area contributed by atoms with Crippen LogP contribution in [0, 0.1) is 0 Å². The zero-order valence-corrected chi connectivity index (χ0v) is 11.0. The number of carbonyl (C=O) groups is 1. The number of hydrogen-bond acceptors (Lipinski definition) is 4. The van der Waals surface area contributed by atoms with Crippen LogP contribution in [0.4, 0.5) is 0 Å². The molecule has 0 unspecified atom stereocenters. The molecular weight excluding hydrogens is 262 g/mol. The molecule has 2 heterocycles. The summed E-state index contributed by atoms with van der Waals surface area (Å²) in [4.78, 5) is 13.1. The van der Waals surface area contributed by atoms with Crippen molar-refractivity contribution in [3.63, 3.8) is 0 Å². The number of amides is 1. The Bertz CT molecular complexity index is 568. The lowest BCUT2D eigenvalue weighted by Crippen LogP contribution is -2.43. The zero-order valence-electron chi connectivity index (χ0n) is 10.2. The average Bonchev–Trinajstić information content (AvgIpc) is 2.97. The molecule has 0 saturated carbocycles. The number of ether oxygens (including phenoxy) is 2. The lowest BCUT2D eigenvalue weighted by atomic mass is 10.2. The highest BCUT2D eigenvalue weighted by atomic mass is 32.1. The van der Waals surface area contributed by atoms with Gasteiger partial charge in [-0.15, -0.1) is 11.3 Å². The van der Waals surface area contributed by atoms with E-state index in [1.165, 1.54) is 0 Å². The van der Waals surface area contributed by atoms with Crippen LogP contribution in [0.1, 0.15) is 4.88 Å². The fourth-order valence-corrected chi connectivity index (χ4v) is 2.49. The highest BCUT2D eigenvalue weighted by Crippen LogP contribution is 2.30. The summed E-state index contributed by atoms with van der Waals surface area (Å²) in [6, 6.07) is 11.3. The van der Waals surface area contributed by atoms with Crippen LogP contribution in [0.15, 0.2) is 41.8 Å². The summed E-state index contributed by atoms with van der Waals surface area (Å²) in [5.74, 6) is 1.15. The number of nitrogens with one attached hydrogen (secondary N) is 1. The molecule has 2 aromatic rings.